The van der Waals surface area contributed by atoms with Crippen LogP contribution in [0.2, 0.25) is 0 Å². The van der Waals surface area contributed by atoms with Gasteiger partial charge in [0.25, 0.3) is 0 Å². The Labute approximate surface area is 108 Å². The number of sulfone groups is 1. The normalized spacial score (nSPS) is 28.4. The zero-order chi connectivity index (χ0) is 13.8. The van der Waals surface area contributed by atoms with E-state index < -0.39 is 27.0 Å². The van der Waals surface area contributed by atoms with Crippen LogP contribution in [0.1, 0.15) is 32.6 Å². The van der Waals surface area contributed by atoms with Crippen LogP contribution in [-0.2, 0) is 19.4 Å². The molecule has 0 saturated heterocycles. The van der Waals surface area contributed by atoms with E-state index in [9.17, 15) is 13.2 Å². The molecule has 3 atom stereocenters. The summed E-state index contributed by atoms with van der Waals surface area (Å²) in [5.41, 5.74) is 0. The van der Waals surface area contributed by atoms with E-state index >= 15 is 0 Å². The number of esters is 1. The first kappa shape index (κ1) is 15.0. The number of carbonyl (C=O) groups excluding carboxylic acids is 1. The number of carbonyl (C=O) groups is 1. The smallest absolute Gasteiger partial charge is 0.306 e. The molecule has 1 fully saturated rings. The van der Waals surface area contributed by atoms with E-state index in [0.717, 1.165) is 6.42 Å². The largest absolute Gasteiger partial charge is 0.469 e. The van der Waals surface area contributed by atoms with Crippen LogP contribution in [0.5, 0.6) is 0 Å². The molecule has 0 aromatic heterocycles. The molecule has 1 rings (SSSR count). The molecule has 1 saturated carbocycles. The predicted octanol–water partition coefficient (Wildman–Crippen LogP) is 1.29. The molecule has 0 radical (unpaired) electrons. The highest BCUT2D eigenvalue weighted by Gasteiger charge is 2.37. The van der Waals surface area contributed by atoms with Crippen molar-refractivity contribution in [3.8, 4) is 6.07 Å². The Morgan fingerprint density at radius 2 is 2.11 bits per heavy atom. The number of hydrogen-bond acceptors (Lipinski definition) is 5. The third-order valence-electron chi connectivity index (χ3n) is 3.50. The molecule has 1 aliphatic carbocycles. The molecule has 0 aliphatic heterocycles. The summed E-state index contributed by atoms with van der Waals surface area (Å²) in [4.78, 5) is 11.0. The summed E-state index contributed by atoms with van der Waals surface area (Å²) < 4.78 is 28.8. The fourth-order valence-corrected chi connectivity index (χ4v) is 4.43. The molecule has 0 N–H and O–H groups in total. The van der Waals surface area contributed by atoms with Gasteiger partial charge < -0.3 is 4.74 Å². The van der Waals surface area contributed by atoms with Crippen molar-refractivity contribution >= 4 is 15.8 Å². The third-order valence-corrected chi connectivity index (χ3v) is 5.72. The van der Waals surface area contributed by atoms with Crippen LogP contribution in [0.25, 0.3) is 0 Å². The number of rotatable bonds is 4. The van der Waals surface area contributed by atoms with E-state index in [4.69, 9.17) is 5.26 Å². The maximum absolute atomic E-state index is 12.2. The molecule has 5 nitrogen and oxygen atoms in total. The summed E-state index contributed by atoms with van der Waals surface area (Å²) >= 11 is 0. The zero-order valence-electron chi connectivity index (χ0n) is 10.8. The van der Waals surface area contributed by atoms with Crippen molar-refractivity contribution in [2.75, 3.05) is 12.9 Å². The van der Waals surface area contributed by atoms with Crippen LogP contribution >= 0.6 is 0 Å². The molecule has 18 heavy (non-hydrogen) atoms. The van der Waals surface area contributed by atoms with Gasteiger partial charge in [0.05, 0.1) is 36.5 Å². The van der Waals surface area contributed by atoms with E-state index in [-0.39, 0.29) is 12.2 Å². The van der Waals surface area contributed by atoms with Gasteiger partial charge in [-0.1, -0.05) is 6.92 Å². The van der Waals surface area contributed by atoms with E-state index in [1.807, 2.05) is 6.92 Å². The summed E-state index contributed by atoms with van der Waals surface area (Å²) in [5, 5.41) is 8.40. The number of hydrogen-bond donors (Lipinski definition) is 0. The van der Waals surface area contributed by atoms with E-state index in [0.29, 0.717) is 18.8 Å². The highest BCUT2D eigenvalue weighted by atomic mass is 32.2. The quantitative estimate of drug-likeness (QED) is 0.721. The van der Waals surface area contributed by atoms with Gasteiger partial charge in [-0.3, -0.25) is 4.79 Å². The van der Waals surface area contributed by atoms with Gasteiger partial charge in [-0.05, 0) is 25.2 Å². The highest BCUT2D eigenvalue weighted by molar-refractivity contribution is 7.92. The first-order chi connectivity index (χ1) is 8.40. The highest BCUT2D eigenvalue weighted by Crippen LogP contribution is 2.33. The fraction of sp³-hybridized carbons (Fsp3) is 0.833. The van der Waals surface area contributed by atoms with Crippen LogP contribution < -0.4 is 0 Å². The fourth-order valence-electron chi connectivity index (χ4n) is 2.35. The second kappa shape index (κ2) is 6.19. The van der Waals surface area contributed by atoms with Crippen molar-refractivity contribution in [3.05, 3.63) is 0 Å². The number of nitriles is 1. The maximum Gasteiger partial charge on any atom is 0.306 e. The van der Waals surface area contributed by atoms with Crippen molar-refractivity contribution in [1.82, 2.24) is 0 Å². The Balaban J connectivity index is 2.75. The van der Waals surface area contributed by atoms with Gasteiger partial charge in [0.2, 0.25) is 0 Å². The molecule has 3 unspecified atom stereocenters. The lowest BCUT2D eigenvalue weighted by atomic mass is 9.83. The monoisotopic (exact) mass is 273 g/mol. The molecule has 6 heteroatoms. The molecule has 0 spiro atoms. The van der Waals surface area contributed by atoms with Crippen molar-refractivity contribution in [1.29, 1.82) is 5.26 Å². The molecule has 1 aliphatic rings. The van der Waals surface area contributed by atoms with Gasteiger partial charge in [-0.25, -0.2) is 8.42 Å². The Bertz CT molecular complexity index is 437. The summed E-state index contributed by atoms with van der Waals surface area (Å²) in [6.07, 6.45) is 1.89. The molecule has 0 heterocycles. The van der Waals surface area contributed by atoms with Gasteiger partial charge >= 0.3 is 5.97 Å². The summed E-state index contributed by atoms with van der Waals surface area (Å²) in [7, 11) is -2.17. The number of ether oxygens (including phenoxy) is 1. The van der Waals surface area contributed by atoms with Gasteiger partial charge in [0.1, 0.15) is 0 Å². The van der Waals surface area contributed by atoms with Gasteiger partial charge in [0.15, 0.2) is 9.84 Å². The second-order valence-corrected chi connectivity index (χ2v) is 7.22. The van der Waals surface area contributed by atoms with Crippen molar-refractivity contribution in [2.45, 2.75) is 37.9 Å². The molecule has 0 aromatic carbocycles. The minimum Gasteiger partial charge on any atom is -0.469 e. The third kappa shape index (κ3) is 3.70. The molecule has 0 bridgehead atoms. The van der Waals surface area contributed by atoms with Gasteiger partial charge in [0, 0.05) is 0 Å². The van der Waals surface area contributed by atoms with Crippen LogP contribution in [-0.4, -0.2) is 32.5 Å². The van der Waals surface area contributed by atoms with E-state index in [1.54, 1.807) is 0 Å². The lowest BCUT2D eigenvalue weighted by molar-refractivity contribution is -0.140. The van der Waals surface area contributed by atoms with E-state index in [2.05, 4.69) is 10.8 Å². The van der Waals surface area contributed by atoms with Crippen molar-refractivity contribution < 1.29 is 17.9 Å². The lowest BCUT2D eigenvalue weighted by Crippen LogP contribution is -2.36. The number of nitrogens with zero attached hydrogens (tertiary/aromatic N) is 1. The van der Waals surface area contributed by atoms with Crippen LogP contribution in [0.3, 0.4) is 0 Å². The molecule has 102 valence electrons. The van der Waals surface area contributed by atoms with Crippen molar-refractivity contribution in [3.63, 3.8) is 0 Å². The van der Waals surface area contributed by atoms with Crippen molar-refractivity contribution in [2.24, 2.45) is 11.8 Å². The minimum absolute atomic E-state index is 0.137. The van der Waals surface area contributed by atoms with Crippen LogP contribution in [0.15, 0.2) is 0 Å². The Morgan fingerprint density at radius 3 is 2.67 bits per heavy atom. The molecule has 0 aromatic rings. The van der Waals surface area contributed by atoms with Crippen LogP contribution in [0.4, 0.5) is 0 Å². The SMILES string of the molecule is COC(=O)CCS(=O)(=O)C1CC(C)CCC1C#N. The van der Waals surface area contributed by atoms with E-state index in [1.165, 1.54) is 7.11 Å². The predicted molar refractivity (Wildman–Crippen MR) is 66.3 cm³/mol. The standard InChI is InChI=1S/C12H19NO4S/c1-9-3-4-10(8-13)11(7-9)18(15,16)6-5-12(14)17-2/h9-11H,3-7H2,1-2H3. The Kier molecular flexibility index (Phi) is 5.15. The average Bonchev–Trinajstić information content (AvgIpc) is 2.36. The summed E-state index contributed by atoms with van der Waals surface area (Å²) in [6.45, 7) is 2.00. The topological polar surface area (TPSA) is 84.2 Å². The Morgan fingerprint density at radius 1 is 1.44 bits per heavy atom. The molecular weight excluding hydrogens is 254 g/mol. The molecule has 0 amide bonds. The zero-order valence-corrected chi connectivity index (χ0v) is 11.6. The first-order valence-electron chi connectivity index (χ1n) is 6.08. The lowest BCUT2D eigenvalue weighted by Gasteiger charge is -2.30. The minimum atomic E-state index is -3.41. The summed E-state index contributed by atoms with van der Waals surface area (Å²) in [6, 6.07) is 2.09. The average molecular weight is 273 g/mol. The Hall–Kier alpha value is -1.09. The van der Waals surface area contributed by atoms with Gasteiger partial charge in [-0.2, -0.15) is 5.26 Å². The number of methoxy groups -OCH3 is 1. The van der Waals surface area contributed by atoms with Crippen LogP contribution in [0, 0.1) is 23.2 Å². The first-order valence-corrected chi connectivity index (χ1v) is 7.80. The summed E-state index contributed by atoms with van der Waals surface area (Å²) in [5.74, 6) is -0.887. The molecular formula is C12H19NO4S. The van der Waals surface area contributed by atoms with Gasteiger partial charge in [-0.15, -0.1) is 0 Å². The second-order valence-electron chi connectivity index (χ2n) is 4.89. The maximum atomic E-state index is 12.2.